The Hall–Kier alpha value is 0.628. The van der Waals surface area contributed by atoms with Gasteiger partial charge in [-0.2, -0.15) is 0 Å². The molecular weight excluding hydrogens is 356 g/mol. The average Bonchev–Trinajstić information content (AvgIpc) is 1.65. The molecule has 0 aromatic carbocycles. The predicted octanol–water partition coefficient (Wildman–Crippen LogP) is 2.95. The minimum absolute atomic E-state index is 0. The fraction of sp³-hybridized carbons (Fsp3) is 0. The molecular formula is C4H16Cl2N3Pt. The fourth-order valence-corrected chi connectivity index (χ4v) is 0.431. The summed E-state index contributed by atoms with van der Waals surface area (Å²) in [5.74, 6) is 0. The van der Waals surface area contributed by atoms with Crippen LogP contribution >= 0.6 is 21.8 Å². The van der Waals surface area contributed by atoms with Crippen LogP contribution in [0.1, 0.15) is 0 Å². The molecule has 0 atom stereocenters. The summed E-state index contributed by atoms with van der Waals surface area (Å²) in [5, 5.41) is 0. The third-order valence-corrected chi connectivity index (χ3v) is 3.62. The first-order valence-electron chi connectivity index (χ1n) is 1.30. The van der Waals surface area contributed by atoms with Gasteiger partial charge in [0, 0.05) is 0 Å². The Bertz CT molecular complexity index is 63.5. The van der Waals surface area contributed by atoms with E-state index in [2.05, 4.69) is 13.2 Å². The molecule has 9 N–H and O–H groups in total. The fourth-order valence-electron chi connectivity index (χ4n) is 0.0527. The molecule has 0 heterocycles. The summed E-state index contributed by atoms with van der Waals surface area (Å²) in [6.07, 6.45) is 0. The minimum atomic E-state index is -1.31. The monoisotopic (exact) mass is 371 g/mol. The van der Waals surface area contributed by atoms with Crippen molar-refractivity contribution in [3.63, 3.8) is 0 Å². The molecule has 0 rings (SSSR count). The molecule has 0 aliphatic rings. The Labute approximate surface area is 78.6 Å². The Kier molecular flexibility index (Phi) is 70.4. The van der Waals surface area contributed by atoms with Crippen molar-refractivity contribution in [2.75, 3.05) is 0 Å². The zero-order chi connectivity index (χ0) is 4.99. The Balaban J connectivity index is -0.0000000208. The van der Waals surface area contributed by atoms with Crippen LogP contribution < -0.4 is 18.5 Å². The largest absolute Gasteiger partial charge is 0.344 e. The van der Waals surface area contributed by atoms with Crippen LogP contribution in [0.4, 0.5) is 0 Å². The van der Waals surface area contributed by atoms with Gasteiger partial charge in [-0.15, -0.1) is 12.4 Å². The zero-order valence-electron chi connectivity index (χ0n) is 5.79. The summed E-state index contributed by atoms with van der Waals surface area (Å²) in [5.41, 5.74) is 0. The maximum Gasteiger partial charge on any atom is -0.147 e. The van der Waals surface area contributed by atoms with Crippen LogP contribution in [0, 0.1) is 0 Å². The van der Waals surface area contributed by atoms with Crippen LogP contribution in [0.3, 0.4) is 0 Å². The molecule has 0 radical (unpaired) electrons. The van der Waals surface area contributed by atoms with E-state index in [0.29, 0.717) is 0 Å². The van der Waals surface area contributed by atoms with Crippen molar-refractivity contribution in [2.45, 2.75) is 0 Å². The van der Waals surface area contributed by atoms with E-state index in [0.717, 1.165) is 0 Å². The summed E-state index contributed by atoms with van der Waals surface area (Å²) >= 11 is -1.31. The van der Waals surface area contributed by atoms with Crippen molar-refractivity contribution in [1.82, 2.24) is 18.5 Å². The molecule has 71 valence electrons. The van der Waals surface area contributed by atoms with Gasteiger partial charge in [0.2, 0.25) is 0 Å². The maximum atomic E-state index is 5.57. The maximum absolute atomic E-state index is 5.57. The topological polar surface area (TPSA) is 105 Å². The van der Waals surface area contributed by atoms with Gasteiger partial charge in [0.15, 0.2) is 0 Å². The van der Waals surface area contributed by atoms with Crippen molar-refractivity contribution in [2.24, 2.45) is 0 Å². The number of hydrogen-bond acceptors (Lipinski definition) is 3. The van der Waals surface area contributed by atoms with E-state index in [-0.39, 0.29) is 30.9 Å². The third-order valence-electron chi connectivity index (χ3n) is 0.247. The van der Waals surface area contributed by atoms with Crippen LogP contribution in [0.15, 0.2) is 22.1 Å². The normalized spacial score (nSPS) is 5.90. The quantitative estimate of drug-likeness (QED) is 0.694. The Morgan fingerprint density at radius 3 is 1.20 bits per heavy atom. The first kappa shape index (κ1) is 31.1. The molecule has 0 amide bonds. The molecule has 0 aliphatic heterocycles. The van der Waals surface area contributed by atoms with Crippen molar-refractivity contribution in [3.05, 3.63) is 22.1 Å². The second-order valence-corrected chi connectivity index (χ2v) is 6.37. The van der Waals surface area contributed by atoms with Gasteiger partial charge in [-0.25, -0.2) is 0 Å². The van der Waals surface area contributed by atoms with E-state index in [1.165, 1.54) is 0 Å². The van der Waals surface area contributed by atoms with Crippen LogP contribution in [0.25, 0.3) is 0 Å². The number of rotatable bonds is 2. The summed E-state index contributed by atoms with van der Waals surface area (Å²) in [7, 11) is 5.57. The van der Waals surface area contributed by atoms with E-state index < -0.39 is 16.3 Å². The van der Waals surface area contributed by atoms with Crippen molar-refractivity contribution < 1.29 is 16.3 Å². The second kappa shape index (κ2) is 22.6. The molecule has 3 nitrogen and oxygen atoms in total. The molecule has 6 heteroatoms. The number of hydrogen-bond donors (Lipinski definition) is 3. The zero-order valence-corrected chi connectivity index (χ0v) is 9.64. The average molecular weight is 372 g/mol. The Morgan fingerprint density at radius 2 is 1.20 bits per heavy atom. The van der Waals surface area contributed by atoms with Crippen molar-refractivity contribution >= 4 is 21.8 Å². The molecule has 0 unspecified atom stereocenters. The number of halogens is 2. The van der Waals surface area contributed by atoms with Crippen LogP contribution in [0.2, 0.25) is 0 Å². The standard InChI is InChI=1S/2C2H3.2ClH.3H3N.Pt/c2*1-2;;;;;;/h2*1H,2H2;2*1H;3*1H3;/q;;;;;;;+1/p-1. The van der Waals surface area contributed by atoms with E-state index in [1.54, 1.807) is 8.93 Å². The van der Waals surface area contributed by atoms with E-state index in [1.807, 2.05) is 0 Å². The van der Waals surface area contributed by atoms with Gasteiger partial charge in [-0.3, -0.25) is 0 Å². The first-order valence-corrected chi connectivity index (χ1v) is 6.74. The van der Waals surface area contributed by atoms with Crippen LogP contribution in [0.5, 0.6) is 0 Å². The summed E-state index contributed by atoms with van der Waals surface area (Å²) < 4.78 is 3.55. The summed E-state index contributed by atoms with van der Waals surface area (Å²) in [6.45, 7) is 7.00. The van der Waals surface area contributed by atoms with Crippen LogP contribution in [-0.4, -0.2) is 0 Å². The molecule has 0 fully saturated rings. The Morgan fingerprint density at radius 1 is 1.00 bits per heavy atom. The SMILES string of the molecule is C=[CH][Pt]([Cl])[CH]=C.Cl.N.N.N. The van der Waals surface area contributed by atoms with E-state index in [9.17, 15) is 0 Å². The molecule has 0 saturated heterocycles. The van der Waals surface area contributed by atoms with Gasteiger partial charge < -0.3 is 18.5 Å². The van der Waals surface area contributed by atoms with E-state index >= 15 is 0 Å². The van der Waals surface area contributed by atoms with E-state index in [4.69, 9.17) is 9.42 Å². The smallest absolute Gasteiger partial charge is 0.147 e. The van der Waals surface area contributed by atoms with Crippen molar-refractivity contribution in [3.8, 4) is 0 Å². The predicted molar refractivity (Wildman–Crippen MR) is 48.6 cm³/mol. The molecule has 0 aromatic heterocycles. The van der Waals surface area contributed by atoms with Gasteiger partial charge >= 0.3 is 47.8 Å². The van der Waals surface area contributed by atoms with Gasteiger partial charge in [0.1, 0.15) is 0 Å². The summed E-state index contributed by atoms with van der Waals surface area (Å²) in [4.78, 5) is 0. The van der Waals surface area contributed by atoms with Gasteiger partial charge in [-0.05, 0) is 0 Å². The molecule has 0 spiro atoms. The molecule has 10 heavy (non-hydrogen) atoms. The van der Waals surface area contributed by atoms with Crippen LogP contribution in [-0.2, 0) is 16.3 Å². The third kappa shape index (κ3) is 23.4. The second-order valence-electron chi connectivity index (χ2n) is 0.502. The first-order chi connectivity index (χ1) is 2.81. The molecule has 0 saturated carbocycles. The molecule has 0 bridgehead atoms. The van der Waals surface area contributed by atoms with Gasteiger partial charge in [0.25, 0.3) is 0 Å². The minimum Gasteiger partial charge on any atom is -0.344 e. The summed E-state index contributed by atoms with van der Waals surface area (Å²) in [6, 6.07) is 0. The van der Waals surface area contributed by atoms with Crippen molar-refractivity contribution in [1.29, 1.82) is 0 Å². The molecule has 0 aromatic rings. The van der Waals surface area contributed by atoms with Gasteiger partial charge in [-0.1, -0.05) is 0 Å². The molecule has 0 aliphatic carbocycles. The van der Waals surface area contributed by atoms with Gasteiger partial charge in [0.05, 0.1) is 0 Å².